The number of nitrogens with zero attached hydrogens (tertiary/aromatic N) is 1. The third kappa shape index (κ3) is 3.49. The molecule has 25 heavy (non-hydrogen) atoms. The number of benzene rings is 2. The fraction of sp³-hybridized carbons (Fsp3) is 0.167. The van der Waals surface area contributed by atoms with Gasteiger partial charge in [0.1, 0.15) is 0 Å². The van der Waals surface area contributed by atoms with Crippen LogP contribution in [0.15, 0.2) is 42.5 Å². The summed E-state index contributed by atoms with van der Waals surface area (Å²) >= 11 is 5.81. The first-order chi connectivity index (χ1) is 12.0. The number of nitrogen functional groups attached to an aromatic ring is 1. The molecule has 0 unspecified atom stereocenters. The molecule has 3 N–H and O–H groups in total. The normalized spacial score (nSPS) is 13.1. The maximum atomic E-state index is 12.2. The van der Waals surface area contributed by atoms with Gasteiger partial charge in [-0.1, -0.05) is 23.7 Å². The summed E-state index contributed by atoms with van der Waals surface area (Å²) in [6.45, 7) is 0.190. The molecule has 1 aliphatic heterocycles. The maximum absolute atomic E-state index is 12.2. The standard InChI is InChI=1S/C18H16ClN3O3/c19-11-7-8-15(14(20)10-11)21-16(23)6-3-9-22-17(24)12-4-1-2-5-13(12)18(22)25/h1-2,4-5,7-8,10H,3,6,9,20H2,(H,21,23). The number of fused-ring (bicyclic) bond motifs is 1. The van der Waals surface area contributed by atoms with Crippen LogP contribution in [0.1, 0.15) is 33.6 Å². The largest absolute Gasteiger partial charge is 0.397 e. The number of amides is 3. The van der Waals surface area contributed by atoms with Crippen molar-refractivity contribution in [2.45, 2.75) is 12.8 Å². The van der Waals surface area contributed by atoms with E-state index in [9.17, 15) is 14.4 Å². The summed E-state index contributed by atoms with van der Waals surface area (Å²) in [5, 5.41) is 3.18. The quantitative estimate of drug-likeness (QED) is 0.635. The van der Waals surface area contributed by atoms with Gasteiger partial charge in [-0.05, 0) is 36.8 Å². The number of carbonyl (C=O) groups is 3. The van der Waals surface area contributed by atoms with E-state index in [1.807, 2.05) is 0 Å². The highest BCUT2D eigenvalue weighted by Gasteiger charge is 2.34. The van der Waals surface area contributed by atoms with E-state index in [1.165, 1.54) is 4.90 Å². The summed E-state index contributed by atoms with van der Waals surface area (Å²) in [4.78, 5) is 37.6. The third-order valence-electron chi connectivity index (χ3n) is 3.95. The summed E-state index contributed by atoms with van der Waals surface area (Å²) in [5.41, 5.74) is 7.46. The molecular formula is C18H16ClN3O3. The minimum atomic E-state index is -0.317. The van der Waals surface area contributed by atoms with Crippen molar-refractivity contribution in [2.75, 3.05) is 17.6 Å². The Morgan fingerprint density at radius 3 is 2.32 bits per heavy atom. The second kappa shape index (κ2) is 6.94. The molecule has 0 radical (unpaired) electrons. The highest BCUT2D eigenvalue weighted by atomic mass is 35.5. The maximum Gasteiger partial charge on any atom is 0.261 e. The summed E-state index contributed by atoms with van der Waals surface area (Å²) < 4.78 is 0. The van der Waals surface area contributed by atoms with Gasteiger partial charge in [0.05, 0.1) is 22.5 Å². The van der Waals surface area contributed by atoms with Crippen molar-refractivity contribution in [3.05, 3.63) is 58.6 Å². The van der Waals surface area contributed by atoms with Crippen LogP contribution in [0.2, 0.25) is 5.02 Å². The number of rotatable bonds is 5. The first-order valence-corrected chi connectivity index (χ1v) is 8.15. The first-order valence-electron chi connectivity index (χ1n) is 7.77. The molecule has 2 aromatic rings. The lowest BCUT2D eigenvalue weighted by Crippen LogP contribution is -2.31. The average molecular weight is 358 g/mol. The van der Waals surface area contributed by atoms with Gasteiger partial charge in [-0.2, -0.15) is 0 Å². The first kappa shape index (κ1) is 17.0. The highest BCUT2D eigenvalue weighted by molar-refractivity contribution is 6.31. The summed E-state index contributed by atoms with van der Waals surface area (Å²) in [6, 6.07) is 11.5. The van der Waals surface area contributed by atoms with Crippen molar-refractivity contribution >= 4 is 40.7 Å². The predicted octanol–water partition coefficient (Wildman–Crippen LogP) is 2.94. The van der Waals surface area contributed by atoms with E-state index in [0.29, 0.717) is 33.9 Å². The van der Waals surface area contributed by atoms with E-state index >= 15 is 0 Å². The van der Waals surface area contributed by atoms with Crippen molar-refractivity contribution in [1.82, 2.24) is 4.90 Å². The number of hydrogen-bond acceptors (Lipinski definition) is 4. The van der Waals surface area contributed by atoms with Gasteiger partial charge in [-0.15, -0.1) is 0 Å². The molecule has 2 aromatic carbocycles. The second-order valence-corrected chi connectivity index (χ2v) is 6.13. The Hall–Kier alpha value is -2.86. The molecule has 0 spiro atoms. The van der Waals surface area contributed by atoms with Gasteiger partial charge < -0.3 is 11.1 Å². The molecule has 0 saturated carbocycles. The smallest absolute Gasteiger partial charge is 0.261 e. The molecule has 0 atom stereocenters. The van der Waals surface area contributed by atoms with Gasteiger partial charge in [0.25, 0.3) is 11.8 Å². The Balaban J connectivity index is 1.54. The number of imide groups is 1. The molecule has 3 amide bonds. The SMILES string of the molecule is Nc1cc(Cl)ccc1NC(=O)CCCN1C(=O)c2ccccc2C1=O. The van der Waals surface area contributed by atoms with Crippen LogP contribution >= 0.6 is 11.6 Å². The zero-order valence-electron chi connectivity index (χ0n) is 13.3. The Kier molecular flexibility index (Phi) is 4.72. The number of hydrogen-bond donors (Lipinski definition) is 2. The Morgan fingerprint density at radius 2 is 1.72 bits per heavy atom. The Labute approximate surface area is 149 Å². The number of halogens is 1. The topological polar surface area (TPSA) is 92.5 Å². The van der Waals surface area contributed by atoms with Gasteiger partial charge in [0.2, 0.25) is 5.91 Å². The lowest BCUT2D eigenvalue weighted by Gasteiger charge is -2.13. The van der Waals surface area contributed by atoms with Gasteiger partial charge >= 0.3 is 0 Å². The molecule has 0 saturated heterocycles. The van der Waals surface area contributed by atoms with Crippen LogP contribution in [0, 0.1) is 0 Å². The molecule has 1 heterocycles. The van der Waals surface area contributed by atoms with E-state index in [4.69, 9.17) is 17.3 Å². The number of nitrogens with two attached hydrogens (primary N) is 1. The predicted molar refractivity (Wildman–Crippen MR) is 95.5 cm³/mol. The molecule has 6 nitrogen and oxygen atoms in total. The van der Waals surface area contributed by atoms with Crippen molar-refractivity contribution in [3.8, 4) is 0 Å². The third-order valence-corrected chi connectivity index (χ3v) is 4.19. The second-order valence-electron chi connectivity index (χ2n) is 5.69. The zero-order chi connectivity index (χ0) is 18.0. The molecule has 0 bridgehead atoms. The number of nitrogens with one attached hydrogen (secondary N) is 1. The van der Waals surface area contributed by atoms with Gasteiger partial charge in [-0.3, -0.25) is 19.3 Å². The van der Waals surface area contributed by atoms with Gasteiger partial charge in [0, 0.05) is 18.0 Å². The van der Waals surface area contributed by atoms with E-state index in [2.05, 4.69) is 5.32 Å². The van der Waals surface area contributed by atoms with Crippen LogP contribution in [-0.4, -0.2) is 29.2 Å². The molecule has 1 aliphatic rings. The molecular weight excluding hydrogens is 342 g/mol. The Morgan fingerprint density at radius 1 is 1.08 bits per heavy atom. The van der Waals surface area contributed by atoms with Crippen molar-refractivity contribution in [2.24, 2.45) is 0 Å². The van der Waals surface area contributed by atoms with Crippen LogP contribution < -0.4 is 11.1 Å². The van der Waals surface area contributed by atoms with E-state index < -0.39 is 0 Å². The fourth-order valence-electron chi connectivity index (χ4n) is 2.70. The Bertz CT molecular complexity index is 831. The molecule has 7 heteroatoms. The van der Waals surface area contributed by atoms with E-state index in [0.717, 1.165) is 0 Å². The average Bonchev–Trinajstić information content (AvgIpc) is 2.83. The van der Waals surface area contributed by atoms with Crippen LogP contribution in [0.3, 0.4) is 0 Å². The van der Waals surface area contributed by atoms with Crippen LogP contribution in [0.5, 0.6) is 0 Å². The molecule has 0 aliphatic carbocycles. The van der Waals surface area contributed by atoms with Crippen molar-refractivity contribution in [1.29, 1.82) is 0 Å². The minimum Gasteiger partial charge on any atom is -0.397 e. The molecule has 0 fully saturated rings. The molecule has 128 valence electrons. The monoisotopic (exact) mass is 357 g/mol. The zero-order valence-corrected chi connectivity index (χ0v) is 14.0. The lowest BCUT2D eigenvalue weighted by molar-refractivity contribution is -0.116. The number of anilines is 2. The number of carbonyl (C=O) groups excluding carboxylic acids is 3. The minimum absolute atomic E-state index is 0.162. The van der Waals surface area contributed by atoms with Crippen LogP contribution in [0.25, 0.3) is 0 Å². The fourth-order valence-corrected chi connectivity index (χ4v) is 2.88. The van der Waals surface area contributed by atoms with Crippen molar-refractivity contribution < 1.29 is 14.4 Å². The molecule has 3 rings (SSSR count). The van der Waals surface area contributed by atoms with Crippen LogP contribution in [-0.2, 0) is 4.79 Å². The van der Waals surface area contributed by atoms with Crippen molar-refractivity contribution in [3.63, 3.8) is 0 Å². The van der Waals surface area contributed by atoms with E-state index in [-0.39, 0.29) is 30.7 Å². The van der Waals surface area contributed by atoms with E-state index in [1.54, 1.807) is 42.5 Å². The summed E-state index contributed by atoms with van der Waals surface area (Å²) in [6.07, 6.45) is 0.528. The molecule has 0 aromatic heterocycles. The highest BCUT2D eigenvalue weighted by Crippen LogP contribution is 2.24. The summed E-state index contributed by atoms with van der Waals surface area (Å²) in [5.74, 6) is -0.878. The van der Waals surface area contributed by atoms with Gasteiger partial charge in [-0.25, -0.2) is 0 Å². The van der Waals surface area contributed by atoms with Gasteiger partial charge in [0.15, 0.2) is 0 Å². The summed E-state index contributed by atoms with van der Waals surface area (Å²) in [7, 11) is 0. The lowest BCUT2D eigenvalue weighted by atomic mass is 10.1. The van der Waals surface area contributed by atoms with Crippen LogP contribution in [0.4, 0.5) is 11.4 Å².